The molecule has 0 saturated carbocycles. The molecule has 0 aliphatic rings. The number of hydrogen-bond acceptors (Lipinski definition) is 2. The molecule has 1 heterocycles. The molecule has 0 aliphatic heterocycles. The number of imidazole rings is 1. The van der Waals surface area contributed by atoms with E-state index in [0.717, 1.165) is 28.2 Å². The second-order valence-electron chi connectivity index (χ2n) is 4.70. The molecule has 2 N–H and O–H groups in total. The highest BCUT2D eigenvalue weighted by Gasteiger charge is 2.11. The molecular formula is C15H14FN3. The minimum absolute atomic E-state index is 0.273. The van der Waals surface area contributed by atoms with Crippen LogP contribution in [0.15, 0.2) is 36.4 Å². The van der Waals surface area contributed by atoms with Crippen molar-refractivity contribution in [2.75, 3.05) is 5.73 Å². The fraction of sp³-hybridized carbons (Fsp3) is 0.133. The van der Waals surface area contributed by atoms with Gasteiger partial charge in [-0.2, -0.15) is 0 Å². The van der Waals surface area contributed by atoms with Gasteiger partial charge in [0.05, 0.1) is 11.0 Å². The Kier molecular flexibility index (Phi) is 2.52. The maximum Gasteiger partial charge on any atom is 0.140 e. The predicted octanol–water partition coefficient (Wildman–Crippen LogP) is 3.27. The predicted molar refractivity (Wildman–Crippen MR) is 75.3 cm³/mol. The van der Waals surface area contributed by atoms with Crippen LogP contribution in [0.5, 0.6) is 0 Å². The number of nitrogens with two attached hydrogens (primary N) is 1. The Morgan fingerprint density at radius 2 is 1.95 bits per heavy atom. The van der Waals surface area contributed by atoms with Crippen LogP contribution >= 0.6 is 0 Å². The number of nitrogens with zero attached hydrogens (tertiary/aromatic N) is 2. The first kappa shape index (κ1) is 11.7. The number of fused-ring (bicyclic) bond motifs is 1. The second kappa shape index (κ2) is 4.09. The van der Waals surface area contributed by atoms with E-state index in [1.54, 1.807) is 6.07 Å². The van der Waals surface area contributed by atoms with E-state index in [1.165, 1.54) is 12.1 Å². The van der Waals surface area contributed by atoms with Gasteiger partial charge in [0, 0.05) is 24.4 Å². The molecule has 0 unspecified atom stereocenters. The molecule has 0 saturated heterocycles. The van der Waals surface area contributed by atoms with Crippen LogP contribution in [-0.4, -0.2) is 9.55 Å². The van der Waals surface area contributed by atoms with Crippen LogP contribution in [0, 0.1) is 12.7 Å². The lowest BCUT2D eigenvalue weighted by Gasteiger charge is -2.05. The zero-order chi connectivity index (χ0) is 13.6. The maximum absolute atomic E-state index is 13.2. The Balaban J connectivity index is 2.24. The molecule has 0 bridgehead atoms. The van der Waals surface area contributed by atoms with Gasteiger partial charge in [-0.05, 0) is 42.8 Å². The van der Waals surface area contributed by atoms with Crippen molar-refractivity contribution in [1.82, 2.24) is 9.55 Å². The minimum atomic E-state index is -0.273. The smallest absolute Gasteiger partial charge is 0.140 e. The van der Waals surface area contributed by atoms with Crippen molar-refractivity contribution in [2.45, 2.75) is 6.92 Å². The summed E-state index contributed by atoms with van der Waals surface area (Å²) < 4.78 is 15.2. The van der Waals surface area contributed by atoms with E-state index in [2.05, 4.69) is 4.98 Å². The van der Waals surface area contributed by atoms with Crippen LogP contribution < -0.4 is 5.73 Å². The first-order valence-electron chi connectivity index (χ1n) is 6.05. The Morgan fingerprint density at radius 1 is 1.16 bits per heavy atom. The fourth-order valence-electron chi connectivity index (χ4n) is 2.25. The van der Waals surface area contributed by atoms with Gasteiger partial charge in [-0.1, -0.05) is 0 Å². The van der Waals surface area contributed by atoms with Gasteiger partial charge in [0.25, 0.3) is 0 Å². The summed E-state index contributed by atoms with van der Waals surface area (Å²) in [5.41, 5.74) is 10.1. The zero-order valence-electron chi connectivity index (χ0n) is 10.8. The standard InChI is InChI=1S/C15H14FN3/c1-9-7-10(3-5-12(9)17)15-18-13-8-11(16)4-6-14(13)19(15)2/h3-8H,17H2,1-2H3. The quantitative estimate of drug-likeness (QED) is 0.678. The summed E-state index contributed by atoms with van der Waals surface area (Å²) in [4.78, 5) is 4.50. The number of hydrogen-bond donors (Lipinski definition) is 1. The van der Waals surface area contributed by atoms with Crippen molar-refractivity contribution in [2.24, 2.45) is 7.05 Å². The second-order valence-corrected chi connectivity index (χ2v) is 4.70. The Bertz CT molecular complexity index is 774. The molecule has 2 aromatic carbocycles. The highest BCUT2D eigenvalue weighted by atomic mass is 19.1. The lowest BCUT2D eigenvalue weighted by molar-refractivity contribution is 0.629. The van der Waals surface area contributed by atoms with Gasteiger partial charge in [-0.3, -0.25) is 0 Å². The molecule has 0 fully saturated rings. The number of aryl methyl sites for hydroxylation is 2. The molecular weight excluding hydrogens is 241 g/mol. The summed E-state index contributed by atoms with van der Waals surface area (Å²) in [5, 5.41) is 0. The van der Waals surface area contributed by atoms with E-state index in [1.807, 2.05) is 36.7 Å². The van der Waals surface area contributed by atoms with Gasteiger partial charge in [0.2, 0.25) is 0 Å². The van der Waals surface area contributed by atoms with Crippen LogP contribution in [-0.2, 0) is 7.05 Å². The molecule has 0 aliphatic carbocycles. The maximum atomic E-state index is 13.2. The van der Waals surface area contributed by atoms with Crippen molar-refractivity contribution in [3.05, 3.63) is 47.8 Å². The van der Waals surface area contributed by atoms with Crippen molar-refractivity contribution < 1.29 is 4.39 Å². The summed E-state index contributed by atoms with van der Waals surface area (Å²) in [7, 11) is 1.92. The topological polar surface area (TPSA) is 43.8 Å². The van der Waals surface area contributed by atoms with Crippen molar-refractivity contribution >= 4 is 16.7 Å². The van der Waals surface area contributed by atoms with Crippen molar-refractivity contribution in [3.8, 4) is 11.4 Å². The average molecular weight is 255 g/mol. The normalized spacial score (nSPS) is 11.1. The van der Waals surface area contributed by atoms with Crippen LogP contribution in [0.25, 0.3) is 22.4 Å². The molecule has 1 aromatic heterocycles. The number of halogens is 1. The number of anilines is 1. The van der Waals surface area contributed by atoms with Gasteiger partial charge < -0.3 is 10.3 Å². The van der Waals surface area contributed by atoms with Crippen LogP contribution in [0.2, 0.25) is 0 Å². The van der Waals surface area contributed by atoms with Gasteiger partial charge in [-0.25, -0.2) is 9.37 Å². The molecule has 0 atom stereocenters. The van der Waals surface area contributed by atoms with Gasteiger partial charge >= 0.3 is 0 Å². The Morgan fingerprint density at radius 3 is 2.68 bits per heavy atom. The van der Waals surface area contributed by atoms with E-state index < -0.39 is 0 Å². The fourth-order valence-corrected chi connectivity index (χ4v) is 2.25. The number of benzene rings is 2. The number of rotatable bonds is 1. The molecule has 3 aromatic rings. The number of aromatic nitrogens is 2. The Labute approximate surface area is 110 Å². The summed E-state index contributed by atoms with van der Waals surface area (Å²) >= 11 is 0. The first-order valence-corrected chi connectivity index (χ1v) is 6.05. The SMILES string of the molecule is Cc1cc(-c2nc3cc(F)ccc3n2C)ccc1N. The molecule has 19 heavy (non-hydrogen) atoms. The molecule has 0 spiro atoms. The third-order valence-electron chi connectivity index (χ3n) is 3.37. The molecule has 0 amide bonds. The molecule has 96 valence electrons. The zero-order valence-corrected chi connectivity index (χ0v) is 10.8. The third-order valence-corrected chi connectivity index (χ3v) is 3.37. The Hall–Kier alpha value is -2.36. The third kappa shape index (κ3) is 1.85. The van der Waals surface area contributed by atoms with Gasteiger partial charge in [-0.15, -0.1) is 0 Å². The molecule has 3 rings (SSSR count). The summed E-state index contributed by atoms with van der Waals surface area (Å²) in [5.74, 6) is 0.536. The first-order chi connectivity index (χ1) is 9.06. The monoisotopic (exact) mass is 255 g/mol. The lowest BCUT2D eigenvalue weighted by atomic mass is 10.1. The summed E-state index contributed by atoms with van der Waals surface area (Å²) in [6, 6.07) is 10.4. The number of nitrogen functional groups attached to an aromatic ring is 1. The van der Waals surface area contributed by atoms with E-state index >= 15 is 0 Å². The molecule has 4 heteroatoms. The summed E-state index contributed by atoms with van der Waals surface area (Å²) in [6.07, 6.45) is 0. The van der Waals surface area contributed by atoms with Gasteiger partial charge in [0.15, 0.2) is 0 Å². The van der Waals surface area contributed by atoms with Crippen molar-refractivity contribution in [3.63, 3.8) is 0 Å². The highest BCUT2D eigenvalue weighted by Crippen LogP contribution is 2.26. The van der Waals surface area contributed by atoms with E-state index in [0.29, 0.717) is 5.52 Å². The van der Waals surface area contributed by atoms with E-state index in [4.69, 9.17) is 5.73 Å². The van der Waals surface area contributed by atoms with E-state index in [9.17, 15) is 4.39 Å². The minimum Gasteiger partial charge on any atom is -0.399 e. The van der Waals surface area contributed by atoms with Gasteiger partial charge in [0.1, 0.15) is 11.6 Å². The van der Waals surface area contributed by atoms with Crippen LogP contribution in [0.1, 0.15) is 5.56 Å². The van der Waals surface area contributed by atoms with Crippen LogP contribution in [0.3, 0.4) is 0 Å². The highest BCUT2D eigenvalue weighted by molar-refractivity contribution is 5.81. The molecule has 0 radical (unpaired) electrons. The lowest BCUT2D eigenvalue weighted by Crippen LogP contribution is -1.94. The van der Waals surface area contributed by atoms with Crippen LogP contribution in [0.4, 0.5) is 10.1 Å². The average Bonchev–Trinajstić information content (AvgIpc) is 2.70. The van der Waals surface area contributed by atoms with E-state index in [-0.39, 0.29) is 5.82 Å². The van der Waals surface area contributed by atoms with Crippen molar-refractivity contribution in [1.29, 1.82) is 0 Å². The largest absolute Gasteiger partial charge is 0.399 e. The molecule has 3 nitrogen and oxygen atoms in total. The summed E-state index contributed by atoms with van der Waals surface area (Å²) in [6.45, 7) is 1.96.